The second kappa shape index (κ2) is 6.39. The Morgan fingerprint density at radius 1 is 1.13 bits per heavy atom. The average Bonchev–Trinajstić information content (AvgIpc) is 2.86. The minimum absolute atomic E-state index is 0.375. The number of ether oxygens (including phenoxy) is 1. The molecule has 2 aromatic rings. The molecule has 116 valence electrons. The molecule has 3 rings (SSSR count). The van der Waals surface area contributed by atoms with E-state index in [0.717, 1.165) is 11.1 Å². The Labute approximate surface area is 140 Å². The van der Waals surface area contributed by atoms with Crippen LogP contribution in [0.15, 0.2) is 65.7 Å². The number of aliphatic imine (C=N–C) groups is 1. The van der Waals surface area contributed by atoms with Gasteiger partial charge >= 0.3 is 5.97 Å². The van der Waals surface area contributed by atoms with Gasteiger partial charge in [0.15, 0.2) is 0 Å². The number of hydrogen-bond acceptors (Lipinski definition) is 3. The van der Waals surface area contributed by atoms with Crippen molar-refractivity contribution in [2.75, 3.05) is 0 Å². The molecule has 0 aromatic heterocycles. The molecule has 1 atom stereocenters. The molecule has 0 radical (unpaired) electrons. The molecule has 1 aliphatic rings. The molecule has 0 saturated carbocycles. The SMILES string of the molecule is CC1=NC(C/C=C/c2ccccc2Cl)(c2ccccc2)OC1=O. The lowest BCUT2D eigenvalue weighted by Crippen LogP contribution is -2.24. The molecule has 23 heavy (non-hydrogen) atoms. The number of esters is 1. The van der Waals surface area contributed by atoms with Crippen molar-refractivity contribution in [1.29, 1.82) is 0 Å². The first-order chi connectivity index (χ1) is 11.1. The van der Waals surface area contributed by atoms with Crippen molar-refractivity contribution in [1.82, 2.24) is 0 Å². The first kappa shape index (κ1) is 15.5. The van der Waals surface area contributed by atoms with Crippen molar-refractivity contribution in [2.24, 2.45) is 4.99 Å². The minimum Gasteiger partial charge on any atom is -0.428 e. The van der Waals surface area contributed by atoms with Crippen LogP contribution in [0.25, 0.3) is 6.08 Å². The van der Waals surface area contributed by atoms with Gasteiger partial charge in [0.1, 0.15) is 5.71 Å². The topological polar surface area (TPSA) is 38.7 Å². The molecular formula is C19H16ClNO2. The molecule has 2 aromatic carbocycles. The fraction of sp³-hybridized carbons (Fsp3) is 0.158. The van der Waals surface area contributed by atoms with Crippen LogP contribution < -0.4 is 0 Å². The summed E-state index contributed by atoms with van der Waals surface area (Å²) in [6.07, 6.45) is 4.30. The van der Waals surface area contributed by atoms with E-state index in [1.165, 1.54) is 0 Å². The Kier molecular flexibility index (Phi) is 4.30. The van der Waals surface area contributed by atoms with E-state index in [1.54, 1.807) is 6.92 Å². The summed E-state index contributed by atoms with van der Waals surface area (Å²) in [5.74, 6) is -0.375. The van der Waals surface area contributed by atoms with E-state index in [2.05, 4.69) is 4.99 Å². The lowest BCUT2D eigenvalue weighted by molar-refractivity contribution is -0.147. The first-order valence-corrected chi connectivity index (χ1v) is 7.75. The summed E-state index contributed by atoms with van der Waals surface area (Å²) in [5, 5.41) is 0.681. The first-order valence-electron chi connectivity index (χ1n) is 7.37. The molecule has 0 spiro atoms. The third-order valence-electron chi connectivity index (χ3n) is 3.73. The second-order valence-electron chi connectivity index (χ2n) is 5.37. The van der Waals surface area contributed by atoms with Crippen LogP contribution >= 0.6 is 11.6 Å². The summed E-state index contributed by atoms with van der Waals surface area (Å²) >= 11 is 6.15. The Morgan fingerprint density at radius 3 is 2.48 bits per heavy atom. The largest absolute Gasteiger partial charge is 0.428 e. The van der Waals surface area contributed by atoms with Gasteiger partial charge in [-0.3, -0.25) is 0 Å². The van der Waals surface area contributed by atoms with Crippen LogP contribution in [0.1, 0.15) is 24.5 Å². The molecule has 1 unspecified atom stereocenters. The van der Waals surface area contributed by atoms with Crippen molar-refractivity contribution >= 4 is 29.4 Å². The summed E-state index contributed by atoms with van der Waals surface area (Å²) in [6, 6.07) is 17.2. The van der Waals surface area contributed by atoms with E-state index in [0.29, 0.717) is 17.2 Å². The zero-order valence-electron chi connectivity index (χ0n) is 12.7. The van der Waals surface area contributed by atoms with E-state index < -0.39 is 5.72 Å². The summed E-state index contributed by atoms with van der Waals surface area (Å²) in [7, 11) is 0. The van der Waals surface area contributed by atoms with Crippen LogP contribution in [0.5, 0.6) is 0 Å². The number of nitrogens with zero attached hydrogens (tertiary/aromatic N) is 1. The van der Waals surface area contributed by atoms with Crippen molar-refractivity contribution in [3.8, 4) is 0 Å². The highest BCUT2D eigenvalue weighted by atomic mass is 35.5. The summed E-state index contributed by atoms with van der Waals surface area (Å²) < 4.78 is 5.59. The summed E-state index contributed by atoms with van der Waals surface area (Å²) in [4.78, 5) is 16.3. The lowest BCUT2D eigenvalue weighted by atomic mass is 9.99. The number of hydrogen-bond donors (Lipinski definition) is 0. The van der Waals surface area contributed by atoms with E-state index in [9.17, 15) is 4.79 Å². The third-order valence-corrected chi connectivity index (χ3v) is 4.07. The van der Waals surface area contributed by atoms with Crippen LogP contribution in [0, 0.1) is 0 Å². The van der Waals surface area contributed by atoms with Gasteiger partial charge in [0, 0.05) is 17.0 Å². The molecule has 1 heterocycles. The predicted octanol–water partition coefficient (Wildman–Crippen LogP) is 4.61. The van der Waals surface area contributed by atoms with Gasteiger partial charge in [-0.1, -0.05) is 72.3 Å². The smallest absolute Gasteiger partial charge is 0.354 e. The van der Waals surface area contributed by atoms with E-state index in [1.807, 2.05) is 66.7 Å². The van der Waals surface area contributed by atoms with Gasteiger partial charge in [0.2, 0.25) is 5.72 Å². The van der Waals surface area contributed by atoms with Crippen LogP contribution in [-0.4, -0.2) is 11.7 Å². The number of carbonyl (C=O) groups is 1. The number of benzene rings is 2. The number of cyclic esters (lactones) is 1. The van der Waals surface area contributed by atoms with Crippen molar-refractivity contribution < 1.29 is 9.53 Å². The lowest BCUT2D eigenvalue weighted by Gasteiger charge is -2.24. The van der Waals surface area contributed by atoms with Crippen LogP contribution in [0.2, 0.25) is 5.02 Å². The van der Waals surface area contributed by atoms with Gasteiger partial charge in [-0.15, -0.1) is 0 Å². The Balaban J connectivity index is 1.90. The molecule has 4 heteroatoms. The average molecular weight is 326 g/mol. The fourth-order valence-corrected chi connectivity index (χ4v) is 2.75. The van der Waals surface area contributed by atoms with Crippen LogP contribution in [0.4, 0.5) is 0 Å². The van der Waals surface area contributed by atoms with E-state index in [-0.39, 0.29) is 5.97 Å². The molecule has 0 saturated heterocycles. The minimum atomic E-state index is -0.986. The molecular weight excluding hydrogens is 310 g/mol. The van der Waals surface area contributed by atoms with Gasteiger partial charge in [-0.25, -0.2) is 9.79 Å². The molecule has 0 aliphatic carbocycles. The standard InChI is InChI=1S/C19H16ClNO2/c1-14-18(22)23-19(21-14,16-10-3-2-4-11-16)13-7-9-15-8-5-6-12-17(15)20/h2-12H,13H2,1H3/b9-7+. The highest BCUT2D eigenvalue weighted by Gasteiger charge is 2.41. The normalized spacial score (nSPS) is 20.6. The van der Waals surface area contributed by atoms with Gasteiger partial charge in [0.25, 0.3) is 0 Å². The number of carbonyl (C=O) groups excluding carboxylic acids is 1. The maximum absolute atomic E-state index is 11.9. The Bertz CT molecular complexity index is 783. The molecule has 3 nitrogen and oxygen atoms in total. The highest BCUT2D eigenvalue weighted by molar-refractivity contribution is 6.36. The zero-order valence-corrected chi connectivity index (χ0v) is 13.5. The van der Waals surface area contributed by atoms with E-state index in [4.69, 9.17) is 16.3 Å². The van der Waals surface area contributed by atoms with E-state index >= 15 is 0 Å². The van der Waals surface area contributed by atoms with Crippen LogP contribution in [-0.2, 0) is 15.3 Å². The van der Waals surface area contributed by atoms with Crippen LogP contribution in [0.3, 0.4) is 0 Å². The number of halogens is 1. The molecule has 0 bridgehead atoms. The Morgan fingerprint density at radius 2 is 1.83 bits per heavy atom. The zero-order chi connectivity index (χ0) is 16.3. The van der Waals surface area contributed by atoms with Gasteiger partial charge < -0.3 is 4.74 Å². The molecule has 0 amide bonds. The second-order valence-corrected chi connectivity index (χ2v) is 5.77. The highest BCUT2D eigenvalue weighted by Crippen LogP contribution is 2.36. The fourth-order valence-electron chi connectivity index (χ4n) is 2.55. The molecule has 0 N–H and O–H groups in total. The quantitative estimate of drug-likeness (QED) is 0.770. The number of rotatable bonds is 4. The Hall–Kier alpha value is -2.39. The molecule has 0 fully saturated rings. The van der Waals surface area contributed by atoms with Crippen molar-refractivity contribution in [3.63, 3.8) is 0 Å². The maximum atomic E-state index is 11.9. The van der Waals surface area contributed by atoms with Gasteiger partial charge in [-0.05, 0) is 18.6 Å². The predicted molar refractivity (Wildman–Crippen MR) is 92.4 cm³/mol. The maximum Gasteiger partial charge on any atom is 0.354 e. The molecule has 1 aliphatic heterocycles. The summed E-state index contributed by atoms with van der Waals surface area (Å²) in [6.45, 7) is 1.67. The van der Waals surface area contributed by atoms with Crippen molar-refractivity contribution in [3.05, 3.63) is 76.8 Å². The van der Waals surface area contributed by atoms with Gasteiger partial charge in [0.05, 0.1) is 0 Å². The monoisotopic (exact) mass is 325 g/mol. The van der Waals surface area contributed by atoms with Gasteiger partial charge in [-0.2, -0.15) is 0 Å². The van der Waals surface area contributed by atoms with Crippen molar-refractivity contribution in [2.45, 2.75) is 19.1 Å². The third kappa shape index (κ3) is 3.20. The summed E-state index contributed by atoms with van der Waals surface area (Å²) in [5.41, 5.74) is 1.18.